The topological polar surface area (TPSA) is 102 Å². The average molecular weight is 457 g/mol. The number of amides is 2. The fourth-order valence-electron chi connectivity index (χ4n) is 3.64. The maximum Gasteiger partial charge on any atom is 0.278 e. The van der Waals surface area contributed by atoms with Gasteiger partial charge in [-0.15, -0.1) is 0 Å². The van der Waals surface area contributed by atoms with Gasteiger partial charge in [-0.05, 0) is 30.3 Å². The summed E-state index contributed by atoms with van der Waals surface area (Å²) in [6.45, 7) is 1.52. The van der Waals surface area contributed by atoms with Crippen LogP contribution in [0.25, 0.3) is 22.3 Å². The third kappa shape index (κ3) is 4.66. The third-order valence-corrected chi connectivity index (χ3v) is 5.31. The number of hydrogen-bond acceptors (Lipinski definition) is 5. The number of carbonyl (C=O) groups is 2. The summed E-state index contributed by atoms with van der Waals surface area (Å²) in [4.78, 5) is 43.1. The minimum absolute atomic E-state index is 0.149. The van der Waals surface area contributed by atoms with Crippen LogP contribution in [-0.2, 0) is 16.1 Å². The molecule has 1 aromatic heterocycles. The maximum atomic E-state index is 13.6. The zero-order valence-electron chi connectivity index (χ0n) is 18.9. The van der Waals surface area contributed by atoms with Gasteiger partial charge >= 0.3 is 0 Å². The first kappa shape index (κ1) is 22.7. The molecule has 0 radical (unpaired) electrons. The average Bonchev–Trinajstić information content (AvgIpc) is 2.86. The van der Waals surface area contributed by atoms with Crippen LogP contribution in [0.15, 0.2) is 77.6 Å². The van der Waals surface area contributed by atoms with Crippen LogP contribution in [0.5, 0.6) is 5.75 Å². The van der Waals surface area contributed by atoms with Gasteiger partial charge in [0.05, 0.1) is 29.5 Å². The van der Waals surface area contributed by atoms with Crippen LogP contribution >= 0.6 is 0 Å². The van der Waals surface area contributed by atoms with Crippen molar-refractivity contribution in [3.63, 3.8) is 0 Å². The summed E-state index contributed by atoms with van der Waals surface area (Å²) in [6, 6.07) is 21.2. The smallest absolute Gasteiger partial charge is 0.278 e. The highest BCUT2D eigenvalue weighted by Crippen LogP contribution is 2.26. The Labute approximate surface area is 196 Å². The number of aromatic nitrogens is 2. The molecule has 0 fully saturated rings. The molecular weight excluding hydrogens is 432 g/mol. The van der Waals surface area contributed by atoms with E-state index in [1.807, 2.05) is 6.07 Å². The summed E-state index contributed by atoms with van der Waals surface area (Å²) in [5.74, 6) is -0.0460. The standard InChI is InChI=1S/C26H24N4O4/c1-3-23(31)27-18-11-5-4-10-17(18)25-26(33)30(21-14-8-6-12-19(21)29-25)16-24(32)28-20-13-7-9-15-22(20)34-2/h4-15H,3,16H2,1-2H3,(H,27,31)(H,28,32). The number of anilines is 2. The third-order valence-electron chi connectivity index (χ3n) is 5.31. The number of para-hydroxylation sites is 5. The second kappa shape index (κ2) is 9.99. The predicted octanol–water partition coefficient (Wildman–Crippen LogP) is 4.06. The molecule has 8 nitrogen and oxygen atoms in total. The number of methoxy groups -OCH3 is 1. The molecule has 0 aliphatic rings. The van der Waals surface area contributed by atoms with Crippen molar-refractivity contribution < 1.29 is 14.3 Å². The van der Waals surface area contributed by atoms with E-state index in [4.69, 9.17) is 4.74 Å². The monoisotopic (exact) mass is 456 g/mol. The van der Waals surface area contributed by atoms with Crippen LogP contribution in [0.3, 0.4) is 0 Å². The van der Waals surface area contributed by atoms with E-state index in [9.17, 15) is 14.4 Å². The van der Waals surface area contributed by atoms with Gasteiger partial charge in [0.25, 0.3) is 5.56 Å². The molecule has 0 aliphatic heterocycles. The van der Waals surface area contributed by atoms with E-state index >= 15 is 0 Å². The van der Waals surface area contributed by atoms with Crippen LogP contribution in [0.2, 0.25) is 0 Å². The van der Waals surface area contributed by atoms with Gasteiger partial charge in [-0.1, -0.05) is 49.4 Å². The lowest BCUT2D eigenvalue weighted by molar-refractivity contribution is -0.117. The van der Waals surface area contributed by atoms with E-state index in [1.54, 1.807) is 73.7 Å². The van der Waals surface area contributed by atoms with Crippen molar-refractivity contribution in [1.29, 1.82) is 0 Å². The molecule has 0 spiro atoms. The van der Waals surface area contributed by atoms with E-state index in [2.05, 4.69) is 15.6 Å². The zero-order chi connectivity index (χ0) is 24.1. The molecule has 0 bridgehead atoms. The highest BCUT2D eigenvalue weighted by molar-refractivity contribution is 5.96. The Bertz CT molecular complexity index is 1430. The number of nitrogens with zero attached hydrogens (tertiary/aromatic N) is 2. The Kier molecular flexibility index (Phi) is 6.68. The highest BCUT2D eigenvalue weighted by atomic mass is 16.5. The second-order valence-electron chi connectivity index (χ2n) is 7.54. The molecule has 1 heterocycles. The molecule has 34 heavy (non-hydrogen) atoms. The van der Waals surface area contributed by atoms with E-state index in [1.165, 1.54) is 11.7 Å². The molecule has 3 aromatic carbocycles. The quantitative estimate of drug-likeness (QED) is 0.437. The van der Waals surface area contributed by atoms with E-state index in [0.717, 1.165) is 0 Å². The summed E-state index contributed by atoms with van der Waals surface area (Å²) < 4.78 is 6.68. The Morgan fingerprint density at radius 1 is 0.882 bits per heavy atom. The first-order chi connectivity index (χ1) is 16.5. The molecule has 0 unspecified atom stereocenters. The number of rotatable bonds is 7. The van der Waals surface area contributed by atoms with Crippen molar-refractivity contribution >= 4 is 34.2 Å². The molecule has 2 amide bonds. The molecule has 0 atom stereocenters. The van der Waals surface area contributed by atoms with Gasteiger partial charge in [-0.2, -0.15) is 0 Å². The lowest BCUT2D eigenvalue weighted by atomic mass is 10.1. The van der Waals surface area contributed by atoms with Gasteiger partial charge in [-0.3, -0.25) is 19.0 Å². The largest absolute Gasteiger partial charge is 0.495 e. The predicted molar refractivity (Wildman–Crippen MR) is 132 cm³/mol. The molecule has 0 aliphatic carbocycles. The molecule has 2 N–H and O–H groups in total. The van der Waals surface area contributed by atoms with Gasteiger partial charge in [0.15, 0.2) is 0 Å². The van der Waals surface area contributed by atoms with Crippen molar-refractivity contribution in [1.82, 2.24) is 9.55 Å². The summed E-state index contributed by atoms with van der Waals surface area (Å²) in [7, 11) is 1.52. The minimum Gasteiger partial charge on any atom is -0.495 e. The van der Waals surface area contributed by atoms with Crippen LogP contribution in [-0.4, -0.2) is 28.5 Å². The van der Waals surface area contributed by atoms with Crippen molar-refractivity contribution in [2.75, 3.05) is 17.7 Å². The molecule has 0 saturated carbocycles. The van der Waals surface area contributed by atoms with Gasteiger partial charge < -0.3 is 15.4 Å². The molecule has 4 aromatic rings. The van der Waals surface area contributed by atoms with Crippen molar-refractivity contribution in [2.45, 2.75) is 19.9 Å². The van der Waals surface area contributed by atoms with Crippen LogP contribution in [0.4, 0.5) is 11.4 Å². The number of hydrogen-bond donors (Lipinski definition) is 2. The lowest BCUT2D eigenvalue weighted by Crippen LogP contribution is -2.30. The summed E-state index contributed by atoms with van der Waals surface area (Å²) in [5.41, 5.74) is 2.27. The summed E-state index contributed by atoms with van der Waals surface area (Å²) in [6.07, 6.45) is 0.298. The molecule has 8 heteroatoms. The van der Waals surface area contributed by atoms with Gasteiger partial charge in [0.2, 0.25) is 11.8 Å². The van der Waals surface area contributed by atoms with E-state index in [0.29, 0.717) is 40.1 Å². The molecular formula is C26H24N4O4. The Morgan fingerprint density at radius 2 is 1.53 bits per heavy atom. The first-order valence-electron chi connectivity index (χ1n) is 10.8. The van der Waals surface area contributed by atoms with Crippen molar-refractivity contribution in [3.8, 4) is 17.0 Å². The fraction of sp³-hybridized carbons (Fsp3) is 0.154. The molecule has 4 rings (SSSR count). The zero-order valence-corrected chi connectivity index (χ0v) is 18.9. The number of ether oxygens (including phenoxy) is 1. The SMILES string of the molecule is CCC(=O)Nc1ccccc1-c1nc2ccccc2n(CC(=O)Nc2ccccc2OC)c1=O. The highest BCUT2D eigenvalue weighted by Gasteiger charge is 2.18. The minimum atomic E-state index is -0.438. The summed E-state index contributed by atoms with van der Waals surface area (Å²) in [5, 5.41) is 5.62. The Hall–Kier alpha value is -4.46. The normalized spacial score (nSPS) is 10.6. The van der Waals surface area contributed by atoms with Crippen LogP contribution in [0, 0.1) is 0 Å². The molecule has 172 valence electrons. The number of benzene rings is 3. The van der Waals surface area contributed by atoms with E-state index in [-0.39, 0.29) is 24.1 Å². The number of carbonyl (C=O) groups excluding carboxylic acids is 2. The van der Waals surface area contributed by atoms with Crippen LogP contribution in [0.1, 0.15) is 13.3 Å². The number of nitrogens with one attached hydrogen (secondary N) is 2. The van der Waals surface area contributed by atoms with Crippen molar-refractivity contribution in [2.24, 2.45) is 0 Å². The van der Waals surface area contributed by atoms with Gasteiger partial charge in [-0.25, -0.2) is 4.98 Å². The van der Waals surface area contributed by atoms with Gasteiger partial charge in [0, 0.05) is 12.0 Å². The maximum absolute atomic E-state index is 13.6. The number of fused-ring (bicyclic) bond motifs is 1. The second-order valence-corrected chi connectivity index (χ2v) is 7.54. The Morgan fingerprint density at radius 3 is 2.29 bits per heavy atom. The Balaban J connectivity index is 1.78. The summed E-state index contributed by atoms with van der Waals surface area (Å²) >= 11 is 0. The lowest BCUT2D eigenvalue weighted by Gasteiger charge is -2.15. The fourth-order valence-corrected chi connectivity index (χ4v) is 3.64. The van der Waals surface area contributed by atoms with Crippen molar-refractivity contribution in [3.05, 3.63) is 83.2 Å². The van der Waals surface area contributed by atoms with E-state index < -0.39 is 5.56 Å². The van der Waals surface area contributed by atoms with Crippen LogP contribution < -0.4 is 20.9 Å². The molecule has 0 saturated heterocycles. The first-order valence-corrected chi connectivity index (χ1v) is 10.8. The van der Waals surface area contributed by atoms with Gasteiger partial charge in [0.1, 0.15) is 18.0 Å².